The Balaban J connectivity index is 2.47. The van der Waals surface area contributed by atoms with Crippen molar-refractivity contribution in [2.75, 3.05) is 19.5 Å². The number of nitrogens with one attached hydrogen (secondary N) is 1. The van der Waals surface area contributed by atoms with Crippen LogP contribution in [-0.4, -0.2) is 19.1 Å². The van der Waals surface area contributed by atoms with E-state index in [1.165, 1.54) is 20.3 Å². The molecule has 0 saturated carbocycles. The van der Waals surface area contributed by atoms with Gasteiger partial charge in [0.25, 0.3) is 0 Å². The summed E-state index contributed by atoms with van der Waals surface area (Å²) in [5.74, 6) is 1.13. The van der Waals surface area contributed by atoms with Gasteiger partial charge in [0.1, 0.15) is 22.2 Å². The minimum Gasteiger partial charge on any atom is -0.497 e. The van der Waals surface area contributed by atoms with Gasteiger partial charge >= 0.3 is 5.69 Å². The second kappa shape index (κ2) is 6.32. The maximum Gasteiger partial charge on any atom is 0.311 e. The largest absolute Gasteiger partial charge is 0.497 e. The third-order valence-corrected chi connectivity index (χ3v) is 3.15. The molecule has 1 N–H and O–H groups in total. The molecular formula is C14H13ClN2O4. The zero-order valence-corrected chi connectivity index (χ0v) is 12.2. The molecule has 110 valence electrons. The lowest BCUT2D eigenvalue weighted by molar-refractivity contribution is -0.383. The van der Waals surface area contributed by atoms with Gasteiger partial charge in [0.15, 0.2) is 0 Å². The summed E-state index contributed by atoms with van der Waals surface area (Å²) >= 11 is 5.89. The Labute approximate surface area is 126 Å². The van der Waals surface area contributed by atoms with Crippen molar-refractivity contribution < 1.29 is 14.4 Å². The molecule has 0 spiro atoms. The van der Waals surface area contributed by atoms with Gasteiger partial charge in [-0.2, -0.15) is 0 Å². The van der Waals surface area contributed by atoms with Gasteiger partial charge in [-0.3, -0.25) is 10.1 Å². The summed E-state index contributed by atoms with van der Waals surface area (Å²) in [6, 6.07) is 9.79. The van der Waals surface area contributed by atoms with Crippen molar-refractivity contribution in [1.82, 2.24) is 0 Å². The van der Waals surface area contributed by atoms with E-state index in [1.54, 1.807) is 30.3 Å². The van der Waals surface area contributed by atoms with E-state index in [2.05, 4.69) is 5.32 Å². The molecule has 0 fully saturated rings. The molecule has 0 aliphatic carbocycles. The second-order valence-corrected chi connectivity index (χ2v) is 4.49. The highest BCUT2D eigenvalue weighted by atomic mass is 35.5. The molecule has 2 aromatic rings. The lowest BCUT2D eigenvalue weighted by Crippen LogP contribution is -2.00. The molecule has 0 atom stereocenters. The SMILES string of the molecule is COc1ccc(OC)c(Nc2cccc(Cl)c2[N+](=O)[O-])c1. The standard InChI is InChI=1S/C14H13ClN2O4/c1-20-9-6-7-13(21-2)12(8-9)16-11-5-3-4-10(15)14(11)17(18)19/h3-8,16H,1-2H3. The van der Waals surface area contributed by atoms with Crippen LogP contribution in [0, 0.1) is 10.1 Å². The molecule has 0 heterocycles. The minimum absolute atomic E-state index is 0.0619. The summed E-state index contributed by atoms with van der Waals surface area (Å²) in [5.41, 5.74) is 0.630. The van der Waals surface area contributed by atoms with Crippen molar-refractivity contribution in [1.29, 1.82) is 0 Å². The van der Waals surface area contributed by atoms with Crippen LogP contribution in [0.1, 0.15) is 0 Å². The van der Waals surface area contributed by atoms with E-state index < -0.39 is 4.92 Å². The Morgan fingerprint density at radius 3 is 2.52 bits per heavy atom. The second-order valence-electron chi connectivity index (χ2n) is 4.08. The molecular weight excluding hydrogens is 296 g/mol. The molecule has 0 radical (unpaired) electrons. The summed E-state index contributed by atoms with van der Waals surface area (Å²) < 4.78 is 10.4. The van der Waals surface area contributed by atoms with Crippen LogP contribution < -0.4 is 14.8 Å². The Kier molecular flexibility index (Phi) is 4.49. The van der Waals surface area contributed by atoms with Crippen molar-refractivity contribution in [2.24, 2.45) is 0 Å². The predicted octanol–water partition coefficient (Wildman–Crippen LogP) is 4.01. The van der Waals surface area contributed by atoms with E-state index in [0.29, 0.717) is 17.2 Å². The van der Waals surface area contributed by atoms with Crippen LogP contribution in [0.4, 0.5) is 17.1 Å². The molecule has 0 amide bonds. The first-order valence-electron chi connectivity index (χ1n) is 5.98. The Morgan fingerprint density at radius 2 is 1.90 bits per heavy atom. The zero-order valence-electron chi connectivity index (χ0n) is 11.4. The van der Waals surface area contributed by atoms with Crippen molar-refractivity contribution in [2.45, 2.75) is 0 Å². The number of rotatable bonds is 5. The highest BCUT2D eigenvalue weighted by molar-refractivity contribution is 6.33. The van der Waals surface area contributed by atoms with Crippen LogP contribution in [0.3, 0.4) is 0 Å². The van der Waals surface area contributed by atoms with E-state index >= 15 is 0 Å². The smallest absolute Gasteiger partial charge is 0.311 e. The molecule has 0 aromatic heterocycles. The molecule has 0 aliphatic rings. The number of nitro groups is 1. The lowest BCUT2D eigenvalue weighted by Gasteiger charge is -2.13. The minimum atomic E-state index is -0.530. The molecule has 21 heavy (non-hydrogen) atoms. The molecule has 6 nitrogen and oxygen atoms in total. The van der Waals surface area contributed by atoms with Crippen molar-refractivity contribution >= 4 is 28.7 Å². The maximum atomic E-state index is 11.1. The number of hydrogen-bond donors (Lipinski definition) is 1. The van der Waals surface area contributed by atoms with Crippen LogP contribution in [0.15, 0.2) is 36.4 Å². The van der Waals surface area contributed by atoms with Gasteiger partial charge in [0.2, 0.25) is 0 Å². The van der Waals surface area contributed by atoms with Gasteiger partial charge in [-0.1, -0.05) is 17.7 Å². The van der Waals surface area contributed by atoms with Crippen LogP contribution in [0.25, 0.3) is 0 Å². The number of nitro benzene ring substituents is 1. The molecule has 0 bridgehead atoms. The molecule has 2 rings (SSSR count). The number of hydrogen-bond acceptors (Lipinski definition) is 5. The van der Waals surface area contributed by atoms with Gasteiger partial charge in [-0.25, -0.2) is 0 Å². The van der Waals surface area contributed by atoms with Gasteiger partial charge in [0.05, 0.1) is 24.8 Å². The fraction of sp³-hybridized carbons (Fsp3) is 0.143. The van der Waals surface area contributed by atoms with Gasteiger partial charge < -0.3 is 14.8 Å². The van der Waals surface area contributed by atoms with E-state index in [1.807, 2.05) is 0 Å². The third-order valence-electron chi connectivity index (χ3n) is 2.85. The number of anilines is 2. The fourth-order valence-electron chi connectivity index (χ4n) is 1.86. The van der Waals surface area contributed by atoms with Crippen LogP contribution in [-0.2, 0) is 0 Å². The van der Waals surface area contributed by atoms with Crippen LogP contribution >= 0.6 is 11.6 Å². The van der Waals surface area contributed by atoms with Crippen LogP contribution in [0.5, 0.6) is 11.5 Å². The predicted molar refractivity (Wildman–Crippen MR) is 80.9 cm³/mol. The molecule has 0 saturated heterocycles. The Bertz CT molecular complexity index is 676. The first kappa shape index (κ1) is 14.9. The fourth-order valence-corrected chi connectivity index (χ4v) is 2.10. The number of halogens is 1. The molecule has 0 unspecified atom stereocenters. The van der Waals surface area contributed by atoms with Gasteiger partial charge in [-0.05, 0) is 24.3 Å². The zero-order chi connectivity index (χ0) is 15.4. The summed E-state index contributed by atoms with van der Waals surface area (Å²) in [4.78, 5) is 10.6. The highest BCUT2D eigenvalue weighted by Crippen LogP contribution is 2.37. The maximum absolute atomic E-state index is 11.1. The summed E-state index contributed by atoms with van der Waals surface area (Å²) in [6.45, 7) is 0. The summed E-state index contributed by atoms with van der Waals surface area (Å²) in [5, 5.41) is 14.2. The van der Waals surface area contributed by atoms with Gasteiger partial charge in [-0.15, -0.1) is 0 Å². The van der Waals surface area contributed by atoms with Crippen LogP contribution in [0.2, 0.25) is 5.02 Å². The normalized spacial score (nSPS) is 10.0. The highest BCUT2D eigenvalue weighted by Gasteiger charge is 2.19. The van der Waals surface area contributed by atoms with E-state index in [0.717, 1.165) is 0 Å². The number of nitrogens with zero attached hydrogens (tertiary/aromatic N) is 1. The first-order valence-corrected chi connectivity index (χ1v) is 6.36. The number of para-hydroxylation sites is 1. The third kappa shape index (κ3) is 3.17. The van der Waals surface area contributed by atoms with Crippen molar-refractivity contribution in [3.05, 3.63) is 51.5 Å². The van der Waals surface area contributed by atoms with E-state index in [9.17, 15) is 10.1 Å². The topological polar surface area (TPSA) is 73.6 Å². The Morgan fingerprint density at radius 1 is 1.14 bits per heavy atom. The van der Waals surface area contributed by atoms with Crippen molar-refractivity contribution in [3.8, 4) is 11.5 Å². The van der Waals surface area contributed by atoms with E-state index in [-0.39, 0.29) is 16.4 Å². The number of ether oxygens (including phenoxy) is 2. The average molecular weight is 309 g/mol. The van der Waals surface area contributed by atoms with Crippen molar-refractivity contribution in [3.63, 3.8) is 0 Å². The monoisotopic (exact) mass is 308 g/mol. The quantitative estimate of drug-likeness (QED) is 0.667. The summed E-state index contributed by atoms with van der Waals surface area (Å²) in [7, 11) is 3.05. The molecule has 2 aromatic carbocycles. The summed E-state index contributed by atoms with van der Waals surface area (Å²) in [6.07, 6.45) is 0. The molecule has 0 aliphatic heterocycles. The van der Waals surface area contributed by atoms with E-state index in [4.69, 9.17) is 21.1 Å². The number of benzene rings is 2. The van der Waals surface area contributed by atoms with Gasteiger partial charge in [0, 0.05) is 6.07 Å². The number of methoxy groups -OCH3 is 2. The average Bonchev–Trinajstić information content (AvgIpc) is 2.46. The Hall–Kier alpha value is -2.47. The lowest BCUT2D eigenvalue weighted by atomic mass is 10.2. The first-order chi connectivity index (χ1) is 10.1. The molecule has 7 heteroatoms.